The molecular formula is C28H36BrClF3N5O3. The maximum atomic E-state index is 15.5. The van der Waals surface area contributed by atoms with Gasteiger partial charge in [-0.15, -0.1) is 0 Å². The van der Waals surface area contributed by atoms with Crippen LogP contribution in [0.25, 0.3) is 10.9 Å². The molecule has 226 valence electrons. The summed E-state index contributed by atoms with van der Waals surface area (Å²) in [5.41, 5.74) is -1.45. The second-order valence-electron chi connectivity index (χ2n) is 12.8. The second-order valence-corrected chi connectivity index (χ2v) is 14.0. The Morgan fingerprint density at radius 3 is 2.49 bits per heavy atom. The van der Waals surface area contributed by atoms with Crippen molar-refractivity contribution in [3.8, 4) is 6.01 Å². The van der Waals surface area contributed by atoms with E-state index >= 15 is 4.39 Å². The van der Waals surface area contributed by atoms with Gasteiger partial charge >= 0.3 is 12.1 Å². The van der Waals surface area contributed by atoms with Gasteiger partial charge in [0.1, 0.15) is 16.9 Å². The molecule has 0 radical (unpaired) electrons. The van der Waals surface area contributed by atoms with Gasteiger partial charge in [0, 0.05) is 36.4 Å². The Kier molecular flexibility index (Phi) is 8.32. The normalized spacial score (nSPS) is 27.1. The van der Waals surface area contributed by atoms with E-state index in [0.717, 1.165) is 12.8 Å². The van der Waals surface area contributed by atoms with E-state index in [0.29, 0.717) is 43.8 Å². The van der Waals surface area contributed by atoms with E-state index in [-0.39, 0.29) is 45.8 Å². The highest BCUT2D eigenvalue weighted by atomic mass is 79.9. The van der Waals surface area contributed by atoms with E-state index < -0.39 is 29.2 Å². The fourth-order valence-corrected chi connectivity index (χ4v) is 6.96. The summed E-state index contributed by atoms with van der Waals surface area (Å²) in [5.74, 6) is -1.08. The molecule has 5 rings (SSSR count). The number of anilines is 1. The number of hydrogen-bond donors (Lipinski definition) is 0. The average molecular weight is 663 g/mol. The zero-order valence-electron chi connectivity index (χ0n) is 23.9. The number of alkyl halides is 2. The number of halogens is 5. The molecule has 1 aromatic carbocycles. The van der Waals surface area contributed by atoms with Gasteiger partial charge in [-0.25, -0.2) is 18.0 Å². The first-order valence-corrected chi connectivity index (χ1v) is 15.0. The van der Waals surface area contributed by atoms with Crippen molar-refractivity contribution in [3.05, 3.63) is 21.4 Å². The molecule has 2 bridgehead atoms. The molecule has 3 aliphatic heterocycles. The van der Waals surface area contributed by atoms with Crippen molar-refractivity contribution in [1.29, 1.82) is 0 Å². The SMILES string of the molecule is CN1CC[C@H](C(F)F)[C@](C)(COc2nc(N3C[C@H]4CC[C@@H](C3)N4C(=O)OC(C)(C)C)c3cc(Cl)c(Br)c(F)c3n2)C1. The van der Waals surface area contributed by atoms with E-state index in [4.69, 9.17) is 21.1 Å². The van der Waals surface area contributed by atoms with E-state index in [9.17, 15) is 13.6 Å². The van der Waals surface area contributed by atoms with Crippen molar-refractivity contribution in [2.24, 2.45) is 11.3 Å². The highest BCUT2D eigenvalue weighted by Gasteiger charge is 2.46. The third-order valence-corrected chi connectivity index (χ3v) is 9.66. The van der Waals surface area contributed by atoms with E-state index in [1.807, 2.05) is 37.6 Å². The van der Waals surface area contributed by atoms with Crippen molar-refractivity contribution in [2.45, 2.75) is 71.1 Å². The minimum absolute atomic E-state index is 0.0134. The number of nitrogens with zero attached hydrogens (tertiary/aromatic N) is 5. The molecule has 4 atom stereocenters. The smallest absolute Gasteiger partial charge is 0.410 e. The summed E-state index contributed by atoms with van der Waals surface area (Å²) in [7, 11) is 1.90. The van der Waals surface area contributed by atoms with Gasteiger partial charge in [0.2, 0.25) is 6.43 Å². The van der Waals surface area contributed by atoms with Crippen molar-refractivity contribution in [2.75, 3.05) is 44.7 Å². The summed E-state index contributed by atoms with van der Waals surface area (Å²) in [6, 6.07) is 1.29. The first kappa shape index (κ1) is 30.4. The molecule has 13 heteroatoms. The Morgan fingerprint density at radius 2 is 1.88 bits per heavy atom. The zero-order valence-corrected chi connectivity index (χ0v) is 26.2. The number of likely N-dealkylation sites (tertiary alicyclic amines) is 1. The zero-order chi connectivity index (χ0) is 29.9. The lowest BCUT2D eigenvalue weighted by Gasteiger charge is -2.44. The summed E-state index contributed by atoms with van der Waals surface area (Å²) in [4.78, 5) is 27.8. The summed E-state index contributed by atoms with van der Waals surface area (Å²) < 4.78 is 55.2. The standard InChI is InChI=1S/C28H36BrClF3N5O3/c1-27(2,3)41-26(39)38-15-6-7-16(38)12-37(11-15)24-17-10-19(30)20(29)21(31)22(17)34-25(35-24)40-14-28(4)13-36(5)9-8-18(28)23(32)33/h10,15-16,18,23H,6-9,11-14H2,1-5H3/t15-,16+,18-,28+/m1/s1. The number of piperazine rings is 1. The Bertz CT molecular complexity index is 1320. The Labute approximate surface area is 251 Å². The lowest BCUT2D eigenvalue weighted by atomic mass is 9.73. The molecule has 3 fully saturated rings. The third kappa shape index (κ3) is 6.06. The predicted octanol–water partition coefficient (Wildman–Crippen LogP) is 6.37. The third-order valence-electron chi connectivity index (χ3n) is 8.36. The van der Waals surface area contributed by atoms with Gasteiger partial charge < -0.3 is 19.3 Å². The number of carbonyl (C=O) groups excluding carboxylic acids is 1. The molecule has 41 heavy (non-hydrogen) atoms. The fourth-order valence-electron chi connectivity index (χ4n) is 6.46. The monoisotopic (exact) mass is 661 g/mol. The highest BCUT2D eigenvalue weighted by molar-refractivity contribution is 9.10. The Morgan fingerprint density at radius 1 is 1.22 bits per heavy atom. The summed E-state index contributed by atoms with van der Waals surface area (Å²) in [5, 5.41) is 0.573. The average Bonchev–Trinajstić information content (AvgIpc) is 3.14. The largest absolute Gasteiger partial charge is 0.463 e. The number of hydrogen-bond acceptors (Lipinski definition) is 7. The number of benzene rings is 1. The molecule has 0 spiro atoms. The van der Waals surface area contributed by atoms with Crippen LogP contribution in [0.1, 0.15) is 47.0 Å². The van der Waals surface area contributed by atoms with Gasteiger partial charge in [-0.1, -0.05) is 18.5 Å². The number of rotatable bonds is 5. The van der Waals surface area contributed by atoms with E-state index in [2.05, 4.69) is 25.9 Å². The number of aromatic nitrogens is 2. The molecule has 3 aliphatic rings. The van der Waals surface area contributed by atoms with E-state index in [1.165, 1.54) is 0 Å². The number of amides is 1. The first-order chi connectivity index (χ1) is 19.2. The Balaban J connectivity index is 1.47. The van der Waals surface area contributed by atoms with Crippen LogP contribution in [0.5, 0.6) is 6.01 Å². The van der Waals surface area contributed by atoms with E-state index in [1.54, 1.807) is 17.9 Å². The minimum Gasteiger partial charge on any atom is -0.463 e. The van der Waals surface area contributed by atoms with Crippen LogP contribution < -0.4 is 9.64 Å². The molecule has 4 heterocycles. The van der Waals surface area contributed by atoms with Gasteiger partial charge in [-0.2, -0.15) is 9.97 Å². The highest BCUT2D eigenvalue weighted by Crippen LogP contribution is 2.42. The van der Waals surface area contributed by atoms with Crippen molar-refractivity contribution < 1.29 is 27.4 Å². The maximum Gasteiger partial charge on any atom is 0.410 e. The molecule has 0 unspecified atom stereocenters. The van der Waals surface area contributed by atoms with Gasteiger partial charge in [0.05, 0.1) is 28.2 Å². The van der Waals surface area contributed by atoms with Crippen LogP contribution in [0.15, 0.2) is 10.5 Å². The molecule has 2 aromatic rings. The molecule has 1 amide bonds. The number of piperidine rings is 1. The molecule has 0 N–H and O–H groups in total. The van der Waals surface area contributed by atoms with Crippen molar-refractivity contribution >= 4 is 50.3 Å². The molecule has 8 nitrogen and oxygen atoms in total. The second kappa shape index (κ2) is 11.2. The fraction of sp³-hybridized carbons (Fsp3) is 0.679. The molecular weight excluding hydrogens is 627 g/mol. The molecule has 0 aliphatic carbocycles. The molecule has 3 saturated heterocycles. The van der Waals surface area contributed by atoms with Crippen LogP contribution >= 0.6 is 27.5 Å². The van der Waals surface area contributed by atoms with Crippen LogP contribution in [0, 0.1) is 17.2 Å². The first-order valence-electron chi connectivity index (χ1n) is 13.9. The summed E-state index contributed by atoms with van der Waals surface area (Å²) in [6.45, 7) is 9.15. The molecule has 1 aromatic heterocycles. The topological polar surface area (TPSA) is 71.0 Å². The molecule has 0 saturated carbocycles. The van der Waals surface area contributed by atoms with Crippen LogP contribution in [-0.4, -0.2) is 89.8 Å². The maximum absolute atomic E-state index is 15.5. The van der Waals surface area contributed by atoms with Crippen molar-refractivity contribution in [3.63, 3.8) is 0 Å². The van der Waals surface area contributed by atoms with Gasteiger partial charge in [0.15, 0.2) is 5.82 Å². The van der Waals surface area contributed by atoms with Gasteiger partial charge in [-0.3, -0.25) is 4.90 Å². The van der Waals surface area contributed by atoms with Crippen LogP contribution in [0.2, 0.25) is 5.02 Å². The Hall–Kier alpha value is -2.05. The summed E-state index contributed by atoms with van der Waals surface area (Å²) >= 11 is 9.54. The lowest BCUT2D eigenvalue weighted by Crippen LogP contribution is -2.57. The van der Waals surface area contributed by atoms with Crippen molar-refractivity contribution in [1.82, 2.24) is 19.8 Å². The van der Waals surface area contributed by atoms with Crippen LogP contribution in [0.3, 0.4) is 0 Å². The quantitative estimate of drug-likeness (QED) is 0.345. The van der Waals surface area contributed by atoms with Crippen LogP contribution in [0.4, 0.5) is 23.8 Å². The number of fused-ring (bicyclic) bond motifs is 3. The number of carbonyl (C=O) groups is 1. The van der Waals surface area contributed by atoms with Gasteiger partial charge in [-0.05, 0) is 75.6 Å². The van der Waals surface area contributed by atoms with Crippen LogP contribution in [-0.2, 0) is 4.74 Å². The predicted molar refractivity (Wildman–Crippen MR) is 155 cm³/mol. The number of ether oxygens (including phenoxy) is 2. The minimum atomic E-state index is -2.49. The lowest BCUT2D eigenvalue weighted by molar-refractivity contribution is -0.0679. The summed E-state index contributed by atoms with van der Waals surface area (Å²) in [6.07, 6.45) is -0.887. The van der Waals surface area contributed by atoms with Gasteiger partial charge in [0.25, 0.3) is 0 Å².